The lowest BCUT2D eigenvalue weighted by atomic mass is 10.00. The van der Waals surface area contributed by atoms with Crippen molar-refractivity contribution in [2.45, 2.75) is 25.2 Å². The van der Waals surface area contributed by atoms with Gasteiger partial charge in [-0.3, -0.25) is 14.5 Å². The fraction of sp³-hybridized carbons (Fsp3) is 0.138. The van der Waals surface area contributed by atoms with E-state index in [-0.39, 0.29) is 24.8 Å². The average Bonchev–Trinajstić information content (AvgIpc) is 3.58. The van der Waals surface area contributed by atoms with Crippen LogP contribution in [0.3, 0.4) is 0 Å². The van der Waals surface area contributed by atoms with E-state index < -0.39 is 24.1 Å². The summed E-state index contributed by atoms with van der Waals surface area (Å²) in [6.45, 7) is 0.340. The first-order valence-corrected chi connectivity index (χ1v) is 12.8. The second-order valence-corrected chi connectivity index (χ2v) is 9.71. The van der Waals surface area contributed by atoms with E-state index >= 15 is 0 Å². The van der Waals surface area contributed by atoms with Gasteiger partial charge < -0.3 is 15.4 Å². The monoisotopic (exact) mass is 529 g/mol. The molecule has 2 atom stereocenters. The lowest BCUT2D eigenvalue weighted by molar-refractivity contribution is -0.126. The van der Waals surface area contributed by atoms with Crippen molar-refractivity contribution in [2.24, 2.45) is 0 Å². The van der Waals surface area contributed by atoms with Gasteiger partial charge in [0.15, 0.2) is 12.1 Å². The van der Waals surface area contributed by atoms with Crippen molar-refractivity contribution >= 4 is 34.9 Å². The molecule has 4 aromatic rings. The maximum Gasteiger partial charge on any atom is 0.411 e. The minimum absolute atomic E-state index is 0.159. The smallest absolute Gasteiger partial charge is 0.411 e. The van der Waals surface area contributed by atoms with Crippen LogP contribution in [-0.2, 0) is 22.6 Å². The fourth-order valence-corrected chi connectivity index (χ4v) is 4.90. The number of hydrogen-bond donors (Lipinski definition) is 2. The van der Waals surface area contributed by atoms with Gasteiger partial charge in [0.1, 0.15) is 5.82 Å². The Hall–Kier alpha value is -4.50. The van der Waals surface area contributed by atoms with Crippen LogP contribution in [0.25, 0.3) is 0 Å². The molecule has 38 heavy (non-hydrogen) atoms. The molecule has 3 amide bonds. The van der Waals surface area contributed by atoms with Gasteiger partial charge in [-0.2, -0.15) is 0 Å². The molecule has 1 aliphatic rings. The molecule has 2 heterocycles. The molecule has 0 spiro atoms. The first-order chi connectivity index (χ1) is 18.5. The summed E-state index contributed by atoms with van der Waals surface area (Å²) in [4.78, 5) is 41.0. The van der Waals surface area contributed by atoms with Crippen LogP contribution in [0.15, 0.2) is 96.4 Å². The van der Waals surface area contributed by atoms with Crippen LogP contribution in [0.2, 0.25) is 0 Å². The molecule has 1 aromatic heterocycles. The van der Waals surface area contributed by atoms with Gasteiger partial charge in [-0.15, -0.1) is 11.3 Å². The second kappa shape index (κ2) is 11.3. The highest BCUT2D eigenvalue weighted by Gasteiger charge is 2.47. The zero-order valence-electron chi connectivity index (χ0n) is 20.2. The Labute approximate surface area is 222 Å². The van der Waals surface area contributed by atoms with Gasteiger partial charge in [0.2, 0.25) is 5.91 Å². The Morgan fingerprint density at radius 1 is 0.921 bits per heavy atom. The number of anilines is 1. The lowest BCUT2D eigenvalue weighted by Crippen LogP contribution is -2.46. The fourth-order valence-electron chi connectivity index (χ4n) is 4.28. The van der Waals surface area contributed by atoms with Crippen LogP contribution in [-0.4, -0.2) is 28.8 Å². The summed E-state index contributed by atoms with van der Waals surface area (Å²) in [7, 11) is 0. The van der Waals surface area contributed by atoms with Crippen LogP contribution < -0.4 is 10.6 Å². The van der Waals surface area contributed by atoms with Crippen molar-refractivity contribution < 1.29 is 23.5 Å². The largest absolute Gasteiger partial charge is 0.438 e. The lowest BCUT2D eigenvalue weighted by Gasteiger charge is -2.24. The number of benzene rings is 3. The topological polar surface area (TPSA) is 87.7 Å². The molecule has 3 aromatic carbocycles. The normalized spacial score (nSPS) is 16.7. The third kappa shape index (κ3) is 5.73. The molecule has 0 radical (unpaired) electrons. The molecule has 9 heteroatoms. The molecule has 0 unspecified atom stereocenters. The van der Waals surface area contributed by atoms with Gasteiger partial charge in [0, 0.05) is 12.2 Å². The summed E-state index contributed by atoms with van der Waals surface area (Å²) in [5, 5.41) is 7.53. The van der Waals surface area contributed by atoms with Gasteiger partial charge in [-0.25, -0.2) is 9.18 Å². The predicted octanol–water partition coefficient (Wildman–Crippen LogP) is 5.52. The first kappa shape index (κ1) is 25.2. The Balaban J connectivity index is 1.40. The molecule has 2 N–H and O–H groups in total. The van der Waals surface area contributed by atoms with Crippen LogP contribution in [0.4, 0.5) is 14.9 Å². The molecule has 1 aliphatic heterocycles. The standard InChI is InChI=1S/C29H24FN3O4S/c30-22-13-11-19(12-14-22)17-31-28(35)25-26(37-29(36)33(25)18-20-6-2-1-3-7-20)21-8-4-9-23(16-21)32-27(34)24-10-5-15-38-24/h1-16,25-26H,17-18H2,(H,31,35)(H,32,34)/t25-,26+/m1/s1. The number of amides is 3. The Morgan fingerprint density at radius 3 is 2.45 bits per heavy atom. The predicted molar refractivity (Wildman–Crippen MR) is 142 cm³/mol. The number of ether oxygens (including phenoxy) is 1. The maximum atomic E-state index is 13.5. The van der Waals surface area contributed by atoms with E-state index in [1.807, 2.05) is 35.7 Å². The van der Waals surface area contributed by atoms with Gasteiger partial charge in [-0.1, -0.05) is 60.7 Å². The number of thiophene rings is 1. The minimum Gasteiger partial charge on any atom is -0.438 e. The van der Waals surface area contributed by atoms with Crippen molar-refractivity contribution in [1.29, 1.82) is 0 Å². The van der Waals surface area contributed by atoms with Gasteiger partial charge >= 0.3 is 6.09 Å². The van der Waals surface area contributed by atoms with Crippen LogP contribution >= 0.6 is 11.3 Å². The Kier molecular flexibility index (Phi) is 7.46. The van der Waals surface area contributed by atoms with Gasteiger partial charge in [-0.05, 0) is 52.4 Å². The SMILES string of the molecule is O=C(Nc1cccc([C@@H]2OC(=O)N(Cc3ccccc3)[C@H]2C(=O)NCc2ccc(F)cc2)c1)c1cccs1. The summed E-state index contributed by atoms with van der Waals surface area (Å²) >= 11 is 1.33. The minimum atomic E-state index is -0.966. The molecular formula is C29H24FN3O4S. The molecule has 1 fully saturated rings. The van der Waals surface area contributed by atoms with E-state index in [4.69, 9.17) is 4.74 Å². The number of rotatable bonds is 8. The van der Waals surface area contributed by atoms with Crippen molar-refractivity contribution in [3.05, 3.63) is 124 Å². The molecule has 192 valence electrons. The van der Waals surface area contributed by atoms with Crippen molar-refractivity contribution in [3.8, 4) is 0 Å². The van der Waals surface area contributed by atoms with E-state index in [2.05, 4.69) is 10.6 Å². The van der Waals surface area contributed by atoms with E-state index in [1.54, 1.807) is 48.5 Å². The summed E-state index contributed by atoms with van der Waals surface area (Å²) in [5.74, 6) is -1.02. The van der Waals surface area contributed by atoms with Crippen molar-refractivity contribution in [2.75, 3.05) is 5.32 Å². The average molecular weight is 530 g/mol. The number of nitrogens with one attached hydrogen (secondary N) is 2. The number of nitrogens with zero attached hydrogens (tertiary/aromatic N) is 1. The zero-order chi connectivity index (χ0) is 26.5. The number of carbonyl (C=O) groups is 3. The summed E-state index contributed by atoms with van der Waals surface area (Å²) in [5.41, 5.74) is 2.65. The third-order valence-electron chi connectivity index (χ3n) is 6.15. The second-order valence-electron chi connectivity index (χ2n) is 8.76. The molecular weight excluding hydrogens is 505 g/mol. The Morgan fingerprint density at radius 2 is 1.71 bits per heavy atom. The highest BCUT2D eigenvalue weighted by atomic mass is 32.1. The highest BCUT2D eigenvalue weighted by Crippen LogP contribution is 2.35. The molecule has 1 saturated heterocycles. The summed E-state index contributed by atoms with van der Waals surface area (Å²) in [6, 6.07) is 24.6. The number of hydrogen-bond acceptors (Lipinski definition) is 5. The number of cyclic esters (lactones) is 1. The van der Waals surface area contributed by atoms with E-state index in [9.17, 15) is 18.8 Å². The molecule has 7 nitrogen and oxygen atoms in total. The zero-order valence-corrected chi connectivity index (χ0v) is 21.0. The first-order valence-electron chi connectivity index (χ1n) is 12.0. The molecule has 0 aliphatic carbocycles. The highest BCUT2D eigenvalue weighted by molar-refractivity contribution is 7.12. The summed E-state index contributed by atoms with van der Waals surface area (Å²) in [6.07, 6.45) is -1.52. The van der Waals surface area contributed by atoms with E-state index in [1.165, 1.54) is 28.4 Å². The molecule has 0 saturated carbocycles. The van der Waals surface area contributed by atoms with Gasteiger partial charge in [0.25, 0.3) is 5.91 Å². The number of carbonyl (C=O) groups excluding carboxylic acids is 3. The van der Waals surface area contributed by atoms with E-state index in [0.29, 0.717) is 16.1 Å². The van der Waals surface area contributed by atoms with Crippen LogP contribution in [0.5, 0.6) is 0 Å². The van der Waals surface area contributed by atoms with Crippen molar-refractivity contribution in [3.63, 3.8) is 0 Å². The third-order valence-corrected chi connectivity index (χ3v) is 7.02. The van der Waals surface area contributed by atoms with Gasteiger partial charge in [0.05, 0.1) is 11.4 Å². The van der Waals surface area contributed by atoms with Crippen LogP contribution in [0.1, 0.15) is 32.5 Å². The summed E-state index contributed by atoms with van der Waals surface area (Å²) < 4.78 is 19.0. The number of halogens is 1. The maximum absolute atomic E-state index is 13.5. The Bertz CT molecular complexity index is 1430. The molecule has 0 bridgehead atoms. The van der Waals surface area contributed by atoms with E-state index in [0.717, 1.165) is 11.1 Å². The van der Waals surface area contributed by atoms with Crippen molar-refractivity contribution in [1.82, 2.24) is 10.2 Å². The molecule has 5 rings (SSSR count). The van der Waals surface area contributed by atoms with Crippen LogP contribution in [0, 0.1) is 5.82 Å². The quantitative estimate of drug-likeness (QED) is 0.315.